The van der Waals surface area contributed by atoms with E-state index in [0.29, 0.717) is 12.1 Å². The summed E-state index contributed by atoms with van der Waals surface area (Å²) in [6, 6.07) is 3.22. The average Bonchev–Trinajstić information content (AvgIpc) is 2.82. The van der Waals surface area contributed by atoms with Crippen molar-refractivity contribution in [3.05, 3.63) is 52.0 Å². The number of benzene rings is 1. The molecule has 0 aliphatic carbocycles. The van der Waals surface area contributed by atoms with Gasteiger partial charge < -0.3 is 5.32 Å². The predicted molar refractivity (Wildman–Crippen MR) is 63.7 cm³/mol. The van der Waals surface area contributed by atoms with Crippen LogP contribution in [0.4, 0.5) is 8.78 Å². The van der Waals surface area contributed by atoms with Crippen molar-refractivity contribution in [3.8, 4) is 0 Å². The highest BCUT2D eigenvalue weighted by Crippen LogP contribution is 2.18. The molecule has 0 bridgehead atoms. The van der Waals surface area contributed by atoms with E-state index in [4.69, 9.17) is 0 Å². The van der Waals surface area contributed by atoms with Gasteiger partial charge in [-0.2, -0.15) is 0 Å². The summed E-state index contributed by atoms with van der Waals surface area (Å²) in [6.07, 6.45) is 0. The van der Waals surface area contributed by atoms with Gasteiger partial charge in [0.2, 0.25) is 0 Å². The Labute approximate surface area is 102 Å². The summed E-state index contributed by atoms with van der Waals surface area (Å²) >= 11 is 1.51. The van der Waals surface area contributed by atoms with E-state index in [0.717, 1.165) is 17.8 Å². The lowest BCUT2D eigenvalue weighted by Gasteiger charge is -2.14. The maximum Gasteiger partial charge on any atom is 0.128 e. The van der Waals surface area contributed by atoms with Crippen LogP contribution in [0.1, 0.15) is 24.2 Å². The molecule has 1 unspecified atom stereocenters. The Balaban J connectivity index is 2.04. The zero-order chi connectivity index (χ0) is 12.3. The molecule has 90 valence electrons. The molecule has 1 aromatic carbocycles. The smallest absolute Gasteiger partial charge is 0.128 e. The van der Waals surface area contributed by atoms with E-state index >= 15 is 0 Å². The first-order valence-corrected chi connectivity index (χ1v) is 6.16. The Morgan fingerprint density at radius 3 is 2.94 bits per heavy atom. The number of hydrogen-bond acceptors (Lipinski definition) is 3. The highest BCUT2D eigenvalue weighted by molar-refractivity contribution is 7.07. The number of rotatable bonds is 4. The minimum atomic E-state index is -0.427. The first kappa shape index (κ1) is 12.1. The Hall–Kier alpha value is -1.33. The molecular formula is C12H12F2N2S. The van der Waals surface area contributed by atoms with Crippen LogP contribution in [-0.4, -0.2) is 4.98 Å². The summed E-state index contributed by atoms with van der Waals surface area (Å²) in [5, 5.41) is 5.03. The third kappa shape index (κ3) is 3.08. The number of nitrogens with one attached hydrogen (secondary N) is 1. The number of halogens is 2. The number of nitrogens with zero attached hydrogens (tertiary/aromatic N) is 1. The zero-order valence-electron chi connectivity index (χ0n) is 9.28. The predicted octanol–water partition coefficient (Wildman–Crippen LogP) is 3.27. The van der Waals surface area contributed by atoms with Crippen LogP contribution in [0.15, 0.2) is 29.1 Å². The molecule has 5 heteroatoms. The molecule has 0 amide bonds. The maximum absolute atomic E-state index is 13.5. The fourth-order valence-corrected chi connectivity index (χ4v) is 2.10. The van der Waals surface area contributed by atoms with Crippen LogP contribution in [0.2, 0.25) is 0 Å². The van der Waals surface area contributed by atoms with Crippen LogP contribution in [-0.2, 0) is 6.54 Å². The molecule has 0 saturated carbocycles. The van der Waals surface area contributed by atoms with Crippen LogP contribution < -0.4 is 5.32 Å². The minimum absolute atomic E-state index is 0.257. The molecule has 0 aliphatic rings. The Morgan fingerprint density at radius 2 is 2.24 bits per heavy atom. The van der Waals surface area contributed by atoms with Gasteiger partial charge in [0.05, 0.1) is 11.2 Å². The first-order chi connectivity index (χ1) is 8.16. The van der Waals surface area contributed by atoms with Crippen LogP contribution in [0.25, 0.3) is 0 Å². The molecule has 0 spiro atoms. The lowest BCUT2D eigenvalue weighted by atomic mass is 10.1. The number of thiazole rings is 1. The second-order valence-corrected chi connectivity index (χ2v) is 4.47. The Morgan fingerprint density at radius 1 is 1.41 bits per heavy atom. The minimum Gasteiger partial charge on any atom is -0.304 e. The van der Waals surface area contributed by atoms with Crippen LogP contribution >= 0.6 is 11.3 Å². The van der Waals surface area contributed by atoms with Gasteiger partial charge in [-0.1, -0.05) is 0 Å². The third-order valence-electron chi connectivity index (χ3n) is 2.50. The molecule has 1 N–H and O–H groups in total. The Bertz CT molecular complexity index is 485. The highest BCUT2D eigenvalue weighted by Gasteiger charge is 2.11. The van der Waals surface area contributed by atoms with E-state index in [9.17, 15) is 8.78 Å². The quantitative estimate of drug-likeness (QED) is 0.905. The van der Waals surface area contributed by atoms with E-state index in [2.05, 4.69) is 10.3 Å². The summed E-state index contributed by atoms with van der Waals surface area (Å²) < 4.78 is 26.5. The van der Waals surface area contributed by atoms with Gasteiger partial charge in [-0.05, 0) is 25.1 Å². The third-order valence-corrected chi connectivity index (χ3v) is 3.13. The van der Waals surface area contributed by atoms with Crippen molar-refractivity contribution in [3.63, 3.8) is 0 Å². The molecule has 17 heavy (non-hydrogen) atoms. The topological polar surface area (TPSA) is 24.9 Å². The van der Waals surface area contributed by atoms with Crippen molar-refractivity contribution in [1.29, 1.82) is 0 Å². The van der Waals surface area contributed by atoms with E-state index in [-0.39, 0.29) is 6.04 Å². The molecule has 0 aliphatic heterocycles. The average molecular weight is 254 g/mol. The fourth-order valence-electron chi connectivity index (χ4n) is 1.54. The highest BCUT2D eigenvalue weighted by atomic mass is 32.1. The normalized spacial score (nSPS) is 12.6. The van der Waals surface area contributed by atoms with Gasteiger partial charge in [0.15, 0.2) is 0 Å². The summed E-state index contributed by atoms with van der Waals surface area (Å²) in [5.41, 5.74) is 2.98. The number of hydrogen-bond donors (Lipinski definition) is 1. The van der Waals surface area contributed by atoms with Crippen molar-refractivity contribution in [1.82, 2.24) is 10.3 Å². The summed E-state index contributed by atoms with van der Waals surface area (Å²) in [7, 11) is 0. The van der Waals surface area contributed by atoms with E-state index in [1.54, 1.807) is 12.4 Å². The van der Waals surface area contributed by atoms with Gasteiger partial charge in [-0.3, -0.25) is 0 Å². The molecule has 0 fully saturated rings. The van der Waals surface area contributed by atoms with Crippen LogP contribution in [0.3, 0.4) is 0 Å². The van der Waals surface area contributed by atoms with Crippen molar-refractivity contribution in [2.24, 2.45) is 0 Å². The first-order valence-electron chi connectivity index (χ1n) is 5.22. The molecule has 1 atom stereocenters. The van der Waals surface area contributed by atoms with Gasteiger partial charge in [-0.15, -0.1) is 11.3 Å². The molecule has 2 nitrogen and oxygen atoms in total. The van der Waals surface area contributed by atoms with Gasteiger partial charge in [0.25, 0.3) is 0 Å². The zero-order valence-corrected chi connectivity index (χ0v) is 10.1. The largest absolute Gasteiger partial charge is 0.304 e. The van der Waals surface area contributed by atoms with Gasteiger partial charge in [0, 0.05) is 23.5 Å². The van der Waals surface area contributed by atoms with Crippen molar-refractivity contribution >= 4 is 11.3 Å². The summed E-state index contributed by atoms with van der Waals surface area (Å²) in [5.74, 6) is -0.826. The fraction of sp³-hybridized carbons (Fsp3) is 0.250. The van der Waals surface area contributed by atoms with E-state index < -0.39 is 11.6 Å². The maximum atomic E-state index is 13.5. The monoisotopic (exact) mass is 254 g/mol. The molecular weight excluding hydrogens is 242 g/mol. The van der Waals surface area contributed by atoms with Crippen LogP contribution in [0, 0.1) is 11.6 Å². The Kier molecular flexibility index (Phi) is 3.81. The van der Waals surface area contributed by atoms with Crippen molar-refractivity contribution < 1.29 is 8.78 Å². The van der Waals surface area contributed by atoms with Crippen molar-refractivity contribution in [2.75, 3.05) is 0 Å². The summed E-state index contributed by atoms with van der Waals surface area (Å²) in [6.45, 7) is 2.34. The number of aromatic nitrogens is 1. The molecule has 2 aromatic rings. The summed E-state index contributed by atoms with van der Waals surface area (Å²) in [4.78, 5) is 4.11. The molecule has 1 heterocycles. The molecule has 0 saturated heterocycles. The van der Waals surface area contributed by atoms with Crippen LogP contribution in [0.5, 0.6) is 0 Å². The van der Waals surface area contributed by atoms with E-state index in [1.807, 2.05) is 5.38 Å². The second kappa shape index (κ2) is 5.33. The standard InChI is InChI=1S/C12H12F2N2S/c1-8(15-5-10-6-17-7-16-10)11-4-9(13)2-3-12(11)14/h2-4,6-8,15H,5H2,1H3. The van der Waals surface area contributed by atoms with Gasteiger partial charge in [-0.25, -0.2) is 13.8 Å². The van der Waals surface area contributed by atoms with Gasteiger partial charge >= 0.3 is 0 Å². The molecule has 0 radical (unpaired) electrons. The lowest BCUT2D eigenvalue weighted by Crippen LogP contribution is -2.19. The van der Waals surface area contributed by atoms with Crippen molar-refractivity contribution in [2.45, 2.75) is 19.5 Å². The molecule has 1 aromatic heterocycles. The second-order valence-electron chi connectivity index (χ2n) is 3.75. The molecule has 2 rings (SSSR count). The SMILES string of the molecule is CC(NCc1cscn1)c1cc(F)ccc1F. The van der Waals surface area contributed by atoms with Gasteiger partial charge in [0.1, 0.15) is 11.6 Å². The van der Waals surface area contributed by atoms with E-state index in [1.165, 1.54) is 17.4 Å². The lowest BCUT2D eigenvalue weighted by molar-refractivity contribution is 0.516.